The van der Waals surface area contributed by atoms with E-state index >= 15 is 0 Å². The van der Waals surface area contributed by atoms with Gasteiger partial charge in [-0.1, -0.05) is 70.2 Å². The summed E-state index contributed by atoms with van der Waals surface area (Å²) < 4.78 is 35.1. The van der Waals surface area contributed by atoms with Gasteiger partial charge in [0.05, 0.1) is 11.7 Å². The van der Waals surface area contributed by atoms with Crippen LogP contribution in [-0.2, 0) is 26.0 Å². The third kappa shape index (κ3) is 4.79. The van der Waals surface area contributed by atoms with Gasteiger partial charge in [0.2, 0.25) is 23.6 Å². The summed E-state index contributed by atoms with van der Waals surface area (Å²) in [7, 11) is -3.82. The van der Waals surface area contributed by atoms with E-state index in [1.165, 1.54) is 11.0 Å². The fourth-order valence-corrected chi connectivity index (χ4v) is 9.70. The van der Waals surface area contributed by atoms with Gasteiger partial charge in [-0.2, -0.15) is 0 Å². The van der Waals surface area contributed by atoms with Crippen molar-refractivity contribution >= 4 is 35.9 Å². The van der Waals surface area contributed by atoms with E-state index in [0.29, 0.717) is 39.4 Å². The maximum atomic E-state index is 14.2. The molecule has 0 fully saturated rings. The Morgan fingerprint density at radius 3 is 2.59 bits per heavy atom. The lowest BCUT2D eigenvalue weighted by Gasteiger charge is -2.29. The Bertz CT molecular complexity index is 2710. The van der Waals surface area contributed by atoms with Crippen molar-refractivity contribution in [2.45, 2.75) is 63.9 Å². The Morgan fingerprint density at radius 1 is 1.04 bits per heavy atom. The third-order valence-electron chi connectivity index (χ3n) is 11.6. The number of carbonyl (C=O) groups excluding carboxylic acids is 2. The van der Waals surface area contributed by atoms with E-state index in [2.05, 4.69) is 16.0 Å². The molecule has 0 aliphatic carbocycles. The highest BCUT2D eigenvalue weighted by Crippen LogP contribution is 2.62. The van der Waals surface area contributed by atoms with Gasteiger partial charge in [0.15, 0.2) is 23.4 Å². The Hall–Kier alpha value is -5.69. The fraction of sp³-hybridized carbons (Fsp3) is 0.317. The second-order valence-electron chi connectivity index (χ2n) is 15.9. The number of nitrogens with zero attached hydrogens (tertiary/aromatic N) is 3. The number of aromatic nitrogens is 3. The average molecular weight is 775 g/mol. The molecule has 3 aromatic heterocycles. The Labute approximate surface area is 320 Å². The number of aliphatic hydroxyl groups is 1. The quantitative estimate of drug-likeness (QED) is 0.130. The molecule has 10 rings (SSSR count). The van der Waals surface area contributed by atoms with Crippen molar-refractivity contribution in [3.8, 4) is 39.8 Å². The Kier molecular flexibility index (Phi) is 7.39. The summed E-state index contributed by atoms with van der Waals surface area (Å²) in [6.45, 7) is 8.63. The molecule has 0 saturated heterocycles. The summed E-state index contributed by atoms with van der Waals surface area (Å²) in [4.78, 5) is 48.2. The van der Waals surface area contributed by atoms with Crippen LogP contribution in [0, 0.1) is 11.8 Å². The van der Waals surface area contributed by atoms with E-state index in [1.807, 2.05) is 68.4 Å². The molecule has 6 atom stereocenters. The van der Waals surface area contributed by atoms with Gasteiger partial charge in [0.1, 0.15) is 29.4 Å². The van der Waals surface area contributed by atoms with E-state index in [4.69, 9.17) is 23.5 Å². The first-order chi connectivity index (χ1) is 26.7. The van der Waals surface area contributed by atoms with Crippen molar-refractivity contribution < 1.29 is 37.7 Å². The molecule has 286 valence electrons. The molecule has 14 nitrogen and oxygen atoms in total. The van der Waals surface area contributed by atoms with Gasteiger partial charge in [-0.15, -0.1) is 0 Å². The topological polar surface area (TPSA) is 194 Å². The van der Waals surface area contributed by atoms with Crippen molar-refractivity contribution in [1.29, 1.82) is 0 Å². The smallest absolute Gasteiger partial charge is 0.294 e. The standard InChI is InChI=1S/C41H39N6O8P/c1-18(2)31-39-45-33-35(55-39)41-24-10-6-9-22(21-8-7-11-27-30(21)23(17-47(27)56(5,51)52)29-16-42-38(33)53-29)32(24)46-40(41)54-28-13-12-20(14-25(28)41)15-26(36(49)44-31)43-37(50)34(48)19(3)4/h6-14,16-19,26,31,34,40,46,48H,15H2,1-5H3,(H,43,50)(H,44,49)(H,51,52). The minimum Gasteiger partial charge on any atom is -0.469 e. The van der Waals surface area contributed by atoms with Crippen LogP contribution in [0.25, 0.3) is 44.9 Å². The predicted octanol–water partition coefficient (Wildman–Crippen LogP) is 5.94. The zero-order valence-electron chi connectivity index (χ0n) is 31.2. The largest absolute Gasteiger partial charge is 0.469 e. The highest BCUT2D eigenvalue weighted by molar-refractivity contribution is 7.55. The van der Waals surface area contributed by atoms with Crippen LogP contribution in [-0.4, -0.2) is 61.2 Å². The lowest BCUT2D eigenvalue weighted by molar-refractivity contribution is -0.135. The molecule has 6 aromatic rings. The van der Waals surface area contributed by atoms with Crippen molar-refractivity contribution in [3.05, 3.63) is 95.3 Å². The van der Waals surface area contributed by atoms with Gasteiger partial charge in [-0.3, -0.25) is 18.5 Å². The van der Waals surface area contributed by atoms with Crippen molar-refractivity contribution in [2.24, 2.45) is 11.8 Å². The molecule has 15 heteroatoms. The first kappa shape index (κ1) is 34.8. The van der Waals surface area contributed by atoms with Crippen LogP contribution in [0.2, 0.25) is 0 Å². The molecule has 56 heavy (non-hydrogen) atoms. The molecule has 5 N–H and O–H groups in total. The molecule has 0 radical (unpaired) electrons. The predicted molar refractivity (Wildman–Crippen MR) is 206 cm³/mol. The molecule has 7 heterocycles. The number of amides is 2. The molecule has 3 aromatic carbocycles. The summed E-state index contributed by atoms with van der Waals surface area (Å²) in [5, 5.41) is 21.0. The van der Waals surface area contributed by atoms with E-state index in [1.54, 1.807) is 26.2 Å². The maximum absolute atomic E-state index is 14.2. The number of ether oxygens (including phenoxy) is 1. The van der Waals surface area contributed by atoms with Crippen LogP contribution >= 0.6 is 7.52 Å². The van der Waals surface area contributed by atoms with Crippen LogP contribution in [0.3, 0.4) is 0 Å². The molecule has 10 bridgehead atoms. The number of anilines is 1. The zero-order chi connectivity index (χ0) is 39.0. The van der Waals surface area contributed by atoms with Crippen LogP contribution in [0.15, 0.2) is 75.8 Å². The van der Waals surface area contributed by atoms with E-state index < -0.39 is 49.2 Å². The molecule has 6 unspecified atom stereocenters. The van der Waals surface area contributed by atoms with Gasteiger partial charge in [-0.05, 0) is 35.1 Å². The fourth-order valence-electron chi connectivity index (χ4n) is 8.80. The second-order valence-corrected chi connectivity index (χ2v) is 18.0. The number of aliphatic hydroxyl groups excluding tert-OH is 1. The van der Waals surface area contributed by atoms with E-state index in [-0.39, 0.29) is 30.0 Å². The molecule has 0 saturated carbocycles. The average Bonchev–Trinajstić information content (AvgIpc) is 3.98. The number of benzene rings is 3. The number of hydrogen-bond donors (Lipinski definition) is 5. The minimum atomic E-state index is -3.82. The number of carbonyl (C=O) groups is 2. The number of fused-ring (bicyclic) bond motifs is 7. The summed E-state index contributed by atoms with van der Waals surface area (Å²) in [6, 6.07) is 15.6. The van der Waals surface area contributed by atoms with Crippen LogP contribution in [0.4, 0.5) is 5.69 Å². The first-order valence-electron chi connectivity index (χ1n) is 18.7. The minimum absolute atomic E-state index is 0.123. The Morgan fingerprint density at radius 2 is 1.82 bits per heavy atom. The highest BCUT2D eigenvalue weighted by atomic mass is 31.2. The summed E-state index contributed by atoms with van der Waals surface area (Å²) in [6.07, 6.45) is 1.29. The van der Waals surface area contributed by atoms with Gasteiger partial charge >= 0.3 is 0 Å². The molecule has 4 aliphatic rings. The number of para-hydroxylation sites is 1. The summed E-state index contributed by atoms with van der Waals surface area (Å²) >= 11 is 0. The summed E-state index contributed by atoms with van der Waals surface area (Å²) in [5.41, 5.74) is 5.00. The van der Waals surface area contributed by atoms with Crippen molar-refractivity contribution in [3.63, 3.8) is 0 Å². The van der Waals surface area contributed by atoms with Crippen molar-refractivity contribution in [2.75, 3.05) is 12.0 Å². The van der Waals surface area contributed by atoms with Gasteiger partial charge < -0.3 is 39.5 Å². The molecular formula is C41H39N6O8P. The lowest BCUT2D eigenvalue weighted by atomic mass is 9.72. The van der Waals surface area contributed by atoms with Crippen LogP contribution in [0.1, 0.15) is 62.1 Å². The van der Waals surface area contributed by atoms with Gasteiger partial charge in [-0.25, -0.2) is 9.97 Å². The van der Waals surface area contributed by atoms with Gasteiger partial charge in [0.25, 0.3) is 7.52 Å². The third-order valence-corrected chi connectivity index (χ3v) is 12.7. The first-order valence-corrected chi connectivity index (χ1v) is 20.7. The monoisotopic (exact) mass is 774 g/mol. The number of oxazole rings is 2. The maximum Gasteiger partial charge on any atom is 0.294 e. The van der Waals surface area contributed by atoms with Crippen LogP contribution in [0.5, 0.6) is 5.75 Å². The number of hydrogen-bond acceptors (Lipinski definition) is 10. The Balaban J connectivity index is 1.29. The van der Waals surface area contributed by atoms with Crippen molar-refractivity contribution in [1.82, 2.24) is 24.9 Å². The van der Waals surface area contributed by atoms with E-state index in [9.17, 15) is 24.2 Å². The molecule has 4 aliphatic heterocycles. The van der Waals surface area contributed by atoms with Gasteiger partial charge in [0, 0.05) is 52.6 Å². The highest BCUT2D eigenvalue weighted by Gasteiger charge is 2.61. The lowest BCUT2D eigenvalue weighted by Crippen LogP contribution is -2.52. The van der Waals surface area contributed by atoms with Crippen LogP contribution < -0.4 is 20.7 Å². The molecule has 2 amide bonds. The second kappa shape index (κ2) is 11.9. The number of rotatable bonds is 5. The molecule has 1 spiro atoms. The molecular weight excluding hydrogens is 735 g/mol. The van der Waals surface area contributed by atoms with E-state index in [0.717, 1.165) is 33.5 Å². The normalized spacial score (nSPS) is 23.0. The summed E-state index contributed by atoms with van der Waals surface area (Å²) in [5.74, 6) is -0.00521. The SMILES string of the molecule is CC(C)C(O)C(=O)NC1Cc2ccc3c(c2)C24c5cccc(c5NC2O3)-c2cccc3c2c(cn3P(C)(=O)O)-c2cnc(o2)-c2nc(oc24)C(C(C)C)NC1=O. The zero-order valence-corrected chi connectivity index (χ0v) is 32.0. The number of nitrogens with one attached hydrogen (secondary N) is 3.